The molecule has 0 amide bonds. The molecule has 0 fully saturated rings. The minimum Gasteiger partial charge on any atom is -0.459 e. The molecule has 2 aromatic rings. The number of guanidine groups is 1. The third kappa shape index (κ3) is 4.94. The Bertz CT molecular complexity index is 623. The Kier molecular flexibility index (Phi) is 5.54. The van der Waals surface area contributed by atoms with E-state index in [9.17, 15) is 4.79 Å². The van der Waals surface area contributed by atoms with E-state index < -0.39 is 12.0 Å². The number of aliphatic imine (C=N–C) groups is 1. The maximum atomic E-state index is 12.2. The number of benzene rings is 2. The minimum atomic E-state index is -0.740. The molecule has 1 unspecified atom stereocenters. The molecule has 1 atom stereocenters. The van der Waals surface area contributed by atoms with Crippen molar-refractivity contribution in [3.8, 4) is 0 Å². The van der Waals surface area contributed by atoms with Gasteiger partial charge in [0.1, 0.15) is 6.61 Å². The molecular weight excluding hydrogens is 278 g/mol. The third-order valence-corrected chi connectivity index (χ3v) is 3.07. The Morgan fingerprint density at radius 3 is 2.05 bits per heavy atom. The summed E-state index contributed by atoms with van der Waals surface area (Å²) in [4.78, 5) is 16.2. The number of hydrogen-bond donors (Lipinski definition) is 2. The first-order valence-electron chi connectivity index (χ1n) is 6.98. The number of ether oxygens (including phenoxy) is 1. The van der Waals surface area contributed by atoms with Crippen LogP contribution in [0.15, 0.2) is 65.7 Å². The monoisotopic (exact) mass is 297 g/mol. The lowest BCUT2D eigenvalue weighted by Gasteiger charge is -2.13. The number of hydrogen-bond acceptors (Lipinski definition) is 3. The van der Waals surface area contributed by atoms with Crippen molar-refractivity contribution in [1.82, 2.24) is 0 Å². The van der Waals surface area contributed by atoms with Gasteiger partial charge in [-0.3, -0.25) is 0 Å². The van der Waals surface area contributed by atoms with E-state index in [0.717, 1.165) is 11.1 Å². The summed E-state index contributed by atoms with van der Waals surface area (Å²) in [6.45, 7) is 0.199. The van der Waals surface area contributed by atoms with Crippen LogP contribution in [0.1, 0.15) is 11.1 Å². The van der Waals surface area contributed by atoms with Gasteiger partial charge in [-0.1, -0.05) is 60.7 Å². The zero-order chi connectivity index (χ0) is 15.8. The summed E-state index contributed by atoms with van der Waals surface area (Å²) in [7, 11) is 0. The van der Waals surface area contributed by atoms with Gasteiger partial charge in [0.15, 0.2) is 12.0 Å². The predicted octanol–water partition coefficient (Wildman–Crippen LogP) is 1.61. The summed E-state index contributed by atoms with van der Waals surface area (Å²) < 4.78 is 5.31. The van der Waals surface area contributed by atoms with Gasteiger partial charge in [-0.25, -0.2) is 9.79 Å². The lowest BCUT2D eigenvalue weighted by molar-refractivity contribution is -0.146. The number of rotatable bonds is 6. The van der Waals surface area contributed by atoms with Gasteiger partial charge in [0, 0.05) is 6.42 Å². The molecule has 2 rings (SSSR count). The van der Waals surface area contributed by atoms with Crippen LogP contribution in [-0.2, 0) is 22.6 Å². The highest BCUT2D eigenvalue weighted by molar-refractivity contribution is 5.82. The molecule has 0 spiro atoms. The van der Waals surface area contributed by atoms with Crippen molar-refractivity contribution in [1.29, 1.82) is 0 Å². The first kappa shape index (κ1) is 15.6. The Balaban J connectivity index is 2.02. The molecular formula is C17H19N3O2. The number of nitrogens with two attached hydrogens (primary N) is 2. The van der Waals surface area contributed by atoms with E-state index >= 15 is 0 Å². The van der Waals surface area contributed by atoms with Gasteiger partial charge in [0.25, 0.3) is 0 Å². The van der Waals surface area contributed by atoms with E-state index in [4.69, 9.17) is 16.2 Å². The second-order valence-electron chi connectivity index (χ2n) is 4.85. The molecule has 0 aliphatic rings. The van der Waals surface area contributed by atoms with E-state index in [2.05, 4.69) is 4.99 Å². The van der Waals surface area contributed by atoms with Gasteiger partial charge < -0.3 is 16.2 Å². The Labute approximate surface area is 129 Å². The van der Waals surface area contributed by atoms with Crippen LogP contribution in [0.5, 0.6) is 0 Å². The summed E-state index contributed by atoms with van der Waals surface area (Å²) in [6, 6.07) is 18.3. The van der Waals surface area contributed by atoms with E-state index in [0.29, 0.717) is 6.42 Å². The lowest BCUT2D eigenvalue weighted by Crippen LogP contribution is -2.31. The molecule has 5 nitrogen and oxygen atoms in total. The van der Waals surface area contributed by atoms with Crippen LogP contribution < -0.4 is 11.5 Å². The molecule has 0 aromatic heterocycles. The van der Waals surface area contributed by atoms with Crippen LogP contribution in [0.2, 0.25) is 0 Å². The molecule has 4 N–H and O–H groups in total. The molecule has 0 radical (unpaired) electrons. The second kappa shape index (κ2) is 7.83. The average molecular weight is 297 g/mol. The number of carbonyl (C=O) groups is 1. The Morgan fingerprint density at radius 2 is 1.50 bits per heavy atom. The molecule has 0 bridgehead atoms. The SMILES string of the molecule is NC(N)=NC(Cc1ccccc1)C(=O)OCc1ccccc1. The van der Waals surface area contributed by atoms with Gasteiger partial charge >= 0.3 is 5.97 Å². The Hall–Kier alpha value is -2.82. The van der Waals surface area contributed by atoms with E-state index in [-0.39, 0.29) is 12.6 Å². The highest BCUT2D eigenvalue weighted by Crippen LogP contribution is 2.09. The first-order valence-corrected chi connectivity index (χ1v) is 6.98. The number of carbonyl (C=O) groups excluding carboxylic acids is 1. The van der Waals surface area contributed by atoms with Crippen LogP contribution in [0.25, 0.3) is 0 Å². The highest BCUT2D eigenvalue weighted by atomic mass is 16.5. The van der Waals surface area contributed by atoms with Crippen molar-refractivity contribution >= 4 is 11.9 Å². The second-order valence-corrected chi connectivity index (χ2v) is 4.85. The molecule has 0 aliphatic heterocycles. The van der Waals surface area contributed by atoms with E-state index in [1.807, 2.05) is 60.7 Å². The lowest BCUT2D eigenvalue weighted by atomic mass is 10.1. The van der Waals surface area contributed by atoms with E-state index in [1.165, 1.54) is 0 Å². The maximum Gasteiger partial charge on any atom is 0.331 e. The van der Waals surface area contributed by atoms with Crippen molar-refractivity contribution in [3.63, 3.8) is 0 Å². The zero-order valence-corrected chi connectivity index (χ0v) is 12.2. The molecule has 0 heterocycles. The fourth-order valence-electron chi connectivity index (χ4n) is 2.02. The molecule has 2 aromatic carbocycles. The van der Waals surface area contributed by atoms with Crippen LogP contribution in [0.4, 0.5) is 0 Å². The molecule has 114 valence electrons. The standard InChI is InChI=1S/C17H19N3O2/c18-17(19)20-15(11-13-7-3-1-4-8-13)16(21)22-12-14-9-5-2-6-10-14/h1-10,15H,11-12H2,(H4,18,19,20). The summed E-state index contributed by atoms with van der Waals surface area (Å²) in [5.41, 5.74) is 12.7. The van der Waals surface area contributed by atoms with Crippen molar-refractivity contribution < 1.29 is 9.53 Å². The molecule has 0 aliphatic carbocycles. The van der Waals surface area contributed by atoms with Gasteiger partial charge in [-0.15, -0.1) is 0 Å². The normalized spacial score (nSPS) is 11.5. The van der Waals surface area contributed by atoms with Crippen molar-refractivity contribution in [3.05, 3.63) is 71.8 Å². The molecule has 22 heavy (non-hydrogen) atoms. The fraction of sp³-hybridized carbons (Fsp3) is 0.176. The van der Waals surface area contributed by atoms with E-state index in [1.54, 1.807) is 0 Å². The highest BCUT2D eigenvalue weighted by Gasteiger charge is 2.20. The maximum absolute atomic E-state index is 12.2. The first-order chi connectivity index (χ1) is 10.6. The van der Waals surface area contributed by atoms with Gasteiger partial charge in [-0.05, 0) is 11.1 Å². The van der Waals surface area contributed by atoms with Gasteiger partial charge in [0.2, 0.25) is 0 Å². The Morgan fingerprint density at radius 1 is 0.955 bits per heavy atom. The summed E-state index contributed by atoms with van der Waals surface area (Å²) in [5, 5.41) is 0. The third-order valence-electron chi connectivity index (χ3n) is 3.07. The largest absolute Gasteiger partial charge is 0.459 e. The number of esters is 1. The summed E-state index contributed by atoms with van der Waals surface area (Å²) in [5.74, 6) is -0.571. The summed E-state index contributed by atoms with van der Waals surface area (Å²) >= 11 is 0. The smallest absolute Gasteiger partial charge is 0.331 e. The topological polar surface area (TPSA) is 90.7 Å². The molecule has 5 heteroatoms. The average Bonchev–Trinajstić information content (AvgIpc) is 2.53. The van der Waals surface area contributed by atoms with Crippen molar-refractivity contribution in [2.24, 2.45) is 16.5 Å². The van der Waals surface area contributed by atoms with Crippen molar-refractivity contribution in [2.75, 3.05) is 0 Å². The molecule has 0 saturated carbocycles. The van der Waals surface area contributed by atoms with Crippen LogP contribution in [0.3, 0.4) is 0 Å². The van der Waals surface area contributed by atoms with Gasteiger partial charge in [0.05, 0.1) is 0 Å². The predicted molar refractivity (Wildman–Crippen MR) is 86.0 cm³/mol. The van der Waals surface area contributed by atoms with Crippen LogP contribution in [0, 0.1) is 0 Å². The number of nitrogens with zero attached hydrogens (tertiary/aromatic N) is 1. The summed E-state index contributed by atoms with van der Waals surface area (Å²) in [6.07, 6.45) is 0.395. The minimum absolute atomic E-state index is 0.127. The zero-order valence-electron chi connectivity index (χ0n) is 12.2. The van der Waals surface area contributed by atoms with Crippen LogP contribution in [-0.4, -0.2) is 18.0 Å². The fourth-order valence-corrected chi connectivity index (χ4v) is 2.02. The van der Waals surface area contributed by atoms with Crippen LogP contribution >= 0.6 is 0 Å². The quantitative estimate of drug-likeness (QED) is 0.481. The van der Waals surface area contributed by atoms with Crippen molar-refractivity contribution in [2.45, 2.75) is 19.1 Å². The molecule has 0 saturated heterocycles. The van der Waals surface area contributed by atoms with Gasteiger partial charge in [-0.2, -0.15) is 0 Å².